The first-order valence-corrected chi connectivity index (χ1v) is 7.68. The predicted molar refractivity (Wildman–Crippen MR) is 83.6 cm³/mol. The van der Waals surface area contributed by atoms with Crippen LogP contribution in [0.5, 0.6) is 0 Å². The van der Waals surface area contributed by atoms with Crippen LogP contribution in [0.2, 0.25) is 0 Å². The minimum atomic E-state index is -0.0259. The number of amides is 1. The van der Waals surface area contributed by atoms with E-state index in [-0.39, 0.29) is 17.9 Å². The number of rotatable bonds is 3. The molecule has 1 aromatic carbocycles. The van der Waals surface area contributed by atoms with Gasteiger partial charge in [0.2, 0.25) is 17.6 Å². The summed E-state index contributed by atoms with van der Waals surface area (Å²) in [7, 11) is 0. The third-order valence-electron chi connectivity index (χ3n) is 4.25. The molecule has 2 aromatic heterocycles. The van der Waals surface area contributed by atoms with Crippen LogP contribution < -0.4 is 0 Å². The van der Waals surface area contributed by atoms with Gasteiger partial charge in [0, 0.05) is 24.6 Å². The predicted octanol–water partition coefficient (Wildman–Crippen LogP) is 2.34. The molecule has 1 aliphatic rings. The van der Waals surface area contributed by atoms with E-state index < -0.39 is 0 Å². The third kappa shape index (κ3) is 2.38. The average molecular weight is 311 g/mol. The Morgan fingerprint density at radius 3 is 3.04 bits per heavy atom. The fourth-order valence-electron chi connectivity index (χ4n) is 2.99. The van der Waals surface area contributed by atoms with Gasteiger partial charge in [0.1, 0.15) is 0 Å². The van der Waals surface area contributed by atoms with E-state index in [1.165, 1.54) is 0 Å². The van der Waals surface area contributed by atoms with E-state index in [4.69, 9.17) is 4.52 Å². The largest absolute Gasteiger partial charge is 0.345 e. The summed E-state index contributed by atoms with van der Waals surface area (Å²) in [5.41, 5.74) is 2.68. The van der Waals surface area contributed by atoms with Gasteiger partial charge in [-0.1, -0.05) is 5.16 Å². The number of fused-ring (bicyclic) bond motifs is 1. The molecule has 0 bridgehead atoms. The number of benzene rings is 1. The molecule has 7 nitrogen and oxygen atoms in total. The number of aromatic nitrogens is 4. The van der Waals surface area contributed by atoms with Gasteiger partial charge in [0.25, 0.3) is 0 Å². The van der Waals surface area contributed by atoms with Crippen LogP contribution in [-0.4, -0.2) is 43.5 Å². The van der Waals surface area contributed by atoms with E-state index in [1.54, 1.807) is 6.33 Å². The molecule has 118 valence electrons. The molecule has 3 aromatic rings. The number of hydrogen-bond acceptors (Lipinski definition) is 5. The first-order chi connectivity index (χ1) is 11.1. The van der Waals surface area contributed by atoms with Crippen LogP contribution in [0, 0.1) is 0 Å². The summed E-state index contributed by atoms with van der Waals surface area (Å²) in [4.78, 5) is 25.6. The van der Waals surface area contributed by atoms with Gasteiger partial charge in [-0.3, -0.25) is 4.79 Å². The second-order valence-electron chi connectivity index (χ2n) is 6.13. The molecule has 1 atom stereocenters. The zero-order valence-corrected chi connectivity index (χ0v) is 13.0. The standard InChI is InChI=1S/C16H17N5O2/c1-9(2)21-7-11(6-14(21)22)16-19-15(20-23-16)10-3-4-12-13(5-10)18-8-17-12/h3-5,8-9,11H,6-7H2,1-2H3,(H,17,18)/t11-/m0/s1. The van der Waals surface area contributed by atoms with Crippen molar-refractivity contribution in [1.29, 1.82) is 0 Å². The summed E-state index contributed by atoms with van der Waals surface area (Å²) in [6.07, 6.45) is 2.08. The maximum absolute atomic E-state index is 12.0. The van der Waals surface area contributed by atoms with Gasteiger partial charge < -0.3 is 14.4 Å². The van der Waals surface area contributed by atoms with Gasteiger partial charge in [-0.2, -0.15) is 4.98 Å². The van der Waals surface area contributed by atoms with E-state index in [1.807, 2.05) is 36.9 Å². The lowest BCUT2D eigenvalue weighted by atomic mass is 10.1. The lowest BCUT2D eigenvalue weighted by molar-refractivity contribution is -0.129. The Balaban J connectivity index is 1.60. The van der Waals surface area contributed by atoms with E-state index >= 15 is 0 Å². The molecule has 0 saturated carbocycles. The Morgan fingerprint density at radius 1 is 1.39 bits per heavy atom. The number of likely N-dealkylation sites (tertiary alicyclic amines) is 1. The SMILES string of the molecule is CC(C)N1C[C@@H](c2nc(-c3ccc4nc[nH]c4c3)no2)CC1=O. The number of H-pyrrole nitrogens is 1. The molecule has 1 amide bonds. The lowest BCUT2D eigenvalue weighted by Crippen LogP contribution is -2.31. The maximum atomic E-state index is 12.0. The summed E-state index contributed by atoms with van der Waals surface area (Å²) < 4.78 is 5.41. The van der Waals surface area contributed by atoms with Gasteiger partial charge in [-0.05, 0) is 32.0 Å². The van der Waals surface area contributed by atoms with Crippen molar-refractivity contribution in [3.63, 3.8) is 0 Å². The van der Waals surface area contributed by atoms with Crippen molar-refractivity contribution in [3.8, 4) is 11.4 Å². The lowest BCUT2D eigenvalue weighted by Gasteiger charge is -2.20. The molecule has 3 heterocycles. The van der Waals surface area contributed by atoms with E-state index in [0.717, 1.165) is 16.6 Å². The number of imidazole rings is 1. The van der Waals surface area contributed by atoms with Crippen molar-refractivity contribution < 1.29 is 9.32 Å². The third-order valence-corrected chi connectivity index (χ3v) is 4.25. The van der Waals surface area contributed by atoms with Gasteiger partial charge in [0.05, 0.1) is 23.3 Å². The van der Waals surface area contributed by atoms with Gasteiger partial charge >= 0.3 is 0 Å². The Labute approximate surface area is 132 Å². The summed E-state index contributed by atoms with van der Waals surface area (Å²) >= 11 is 0. The van der Waals surface area contributed by atoms with Crippen LogP contribution in [0.25, 0.3) is 22.4 Å². The molecule has 0 unspecified atom stereocenters. The summed E-state index contributed by atoms with van der Waals surface area (Å²) in [5, 5.41) is 4.07. The highest BCUT2D eigenvalue weighted by Gasteiger charge is 2.35. The Bertz CT molecular complexity index is 866. The Kier molecular flexibility index (Phi) is 3.14. The van der Waals surface area contributed by atoms with Crippen LogP contribution in [-0.2, 0) is 4.79 Å². The topological polar surface area (TPSA) is 87.9 Å². The zero-order chi connectivity index (χ0) is 16.0. The second kappa shape index (κ2) is 5.19. The van der Waals surface area contributed by atoms with Gasteiger partial charge in [-0.15, -0.1) is 0 Å². The van der Waals surface area contributed by atoms with E-state index in [9.17, 15) is 4.79 Å². The number of nitrogens with one attached hydrogen (secondary N) is 1. The summed E-state index contributed by atoms with van der Waals surface area (Å²) in [6, 6.07) is 5.96. The van der Waals surface area contributed by atoms with Crippen LogP contribution in [0.4, 0.5) is 0 Å². The van der Waals surface area contributed by atoms with Crippen molar-refractivity contribution in [2.75, 3.05) is 6.54 Å². The molecule has 1 saturated heterocycles. The van der Waals surface area contributed by atoms with Crippen molar-refractivity contribution >= 4 is 16.9 Å². The maximum Gasteiger partial charge on any atom is 0.232 e. The number of aromatic amines is 1. The zero-order valence-electron chi connectivity index (χ0n) is 13.0. The normalized spacial score (nSPS) is 18.5. The molecule has 0 spiro atoms. The first-order valence-electron chi connectivity index (χ1n) is 7.68. The van der Waals surface area contributed by atoms with Crippen molar-refractivity contribution in [2.45, 2.75) is 32.2 Å². The van der Waals surface area contributed by atoms with Crippen LogP contribution in [0.1, 0.15) is 32.1 Å². The molecular formula is C16H17N5O2. The monoisotopic (exact) mass is 311 g/mol. The van der Waals surface area contributed by atoms with Crippen molar-refractivity contribution in [3.05, 3.63) is 30.4 Å². The highest BCUT2D eigenvalue weighted by atomic mass is 16.5. The van der Waals surface area contributed by atoms with Crippen LogP contribution in [0.15, 0.2) is 29.0 Å². The molecular weight excluding hydrogens is 294 g/mol. The molecule has 7 heteroatoms. The smallest absolute Gasteiger partial charge is 0.232 e. The van der Waals surface area contributed by atoms with Crippen molar-refractivity contribution in [2.24, 2.45) is 0 Å². The summed E-state index contributed by atoms with van der Waals surface area (Å²) in [6.45, 7) is 4.66. The quantitative estimate of drug-likeness (QED) is 0.802. The highest BCUT2D eigenvalue weighted by Crippen LogP contribution is 2.30. The molecule has 1 fully saturated rings. The fraction of sp³-hybridized carbons (Fsp3) is 0.375. The molecule has 1 aliphatic heterocycles. The van der Waals surface area contributed by atoms with Crippen LogP contribution >= 0.6 is 0 Å². The Hall–Kier alpha value is -2.70. The van der Waals surface area contributed by atoms with Gasteiger partial charge in [-0.25, -0.2) is 4.98 Å². The highest BCUT2D eigenvalue weighted by molar-refractivity contribution is 5.80. The van der Waals surface area contributed by atoms with E-state index in [2.05, 4.69) is 20.1 Å². The fourth-order valence-corrected chi connectivity index (χ4v) is 2.99. The average Bonchev–Trinajstić information content (AvgIpc) is 3.24. The number of carbonyl (C=O) groups is 1. The molecule has 23 heavy (non-hydrogen) atoms. The number of carbonyl (C=O) groups excluding carboxylic acids is 1. The van der Waals surface area contributed by atoms with E-state index in [0.29, 0.717) is 24.7 Å². The number of nitrogens with zero attached hydrogens (tertiary/aromatic N) is 4. The number of hydrogen-bond donors (Lipinski definition) is 1. The first kappa shape index (κ1) is 13.9. The second-order valence-corrected chi connectivity index (χ2v) is 6.13. The molecule has 0 radical (unpaired) electrons. The van der Waals surface area contributed by atoms with Gasteiger partial charge in [0.15, 0.2) is 0 Å². The van der Waals surface area contributed by atoms with Crippen LogP contribution in [0.3, 0.4) is 0 Å². The molecule has 1 N–H and O–H groups in total. The minimum Gasteiger partial charge on any atom is -0.345 e. The van der Waals surface area contributed by atoms with Crippen molar-refractivity contribution in [1.82, 2.24) is 25.0 Å². The molecule has 4 rings (SSSR count). The Morgan fingerprint density at radius 2 is 2.26 bits per heavy atom. The minimum absolute atomic E-state index is 0.0259. The molecule has 0 aliphatic carbocycles. The summed E-state index contributed by atoms with van der Waals surface area (Å²) in [5.74, 6) is 1.18.